The summed E-state index contributed by atoms with van der Waals surface area (Å²) >= 11 is 11.8. The Morgan fingerprint density at radius 1 is 1.14 bits per heavy atom. The molecule has 114 valence electrons. The van der Waals surface area contributed by atoms with Crippen molar-refractivity contribution in [2.45, 2.75) is 0 Å². The van der Waals surface area contributed by atoms with E-state index in [-0.39, 0.29) is 11.4 Å². The van der Waals surface area contributed by atoms with Gasteiger partial charge < -0.3 is 15.3 Å². The molecule has 0 radical (unpaired) electrons. The van der Waals surface area contributed by atoms with Gasteiger partial charge in [-0.3, -0.25) is 0 Å². The molecule has 0 amide bonds. The summed E-state index contributed by atoms with van der Waals surface area (Å²) in [7, 11) is 1.43. The summed E-state index contributed by atoms with van der Waals surface area (Å²) in [6, 6.07) is 11.4. The van der Waals surface area contributed by atoms with E-state index in [2.05, 4.69) is 5.16 Å². The van der Waals surface area contributed by atoms with E-state index in [0.29, 0.717) is 21.4 Å². The number of carbonyl (C=O) groups excluding carboxylic acids is 1. The monoisotopic (exact) mass is 338 g/mol. The molecule has 0 aliphatic rings. The number of nitrogens with zero attached hydrogens (tertiary/aromatic N) is 1. The fraction of sp³-hybridized carbons (Fsp3) is 0.0667. The molecular formula is C15H12Cl2N2O3. The van der Waals surface area contributed by atoms with Gasteiger partial charge in [0, 0.05) is 10.6 Å². The van der Waals surface area contributed by atoms with Crippen LogP contribution < -0.4 is 10.5 Å². The number of amidine groups is 1. The molecule has 2 rings (SSSR count). The summed E-state index contributed by atoms with van der Waals surface area (Å²) in [5, 5.41) is 4.37. The topological polar surface area (TPSA) is 73.9 Å². The molecule has 0 heterocycles. The average Bonchev–Trinajstić information content (AvgIpc) is 2.52. The van der Waals surface area contributed by atoms with Crippen molar-refractivity contribution in [1.29, 1.82) is 0 Å². The van der Waals surface area contributed by atoms with Crippen LogP contribution in [0.3, 0.4) is 0 Å². The Bertz CT molecular complexity index is 732. The number of benzene rings is 2. The molecule has 0 saturated heterocycles. The molecular weight excluding hydrogens is 327 g/mol. The predicted molar refractivity (Wildman–Crippen MR) is 85.6 cm³/mol. The lowest BCUT2D eigenvalue weighted by Gasteiger charge is -2.07. The highest BCUT2D eigenvalue weighted by atomic mass is 35.5. The van der Waals surface area contributed by atoms with Gasteiger partial charge in [-0.05, 0) is 30.3 Å². The van der Waals surface area contributed by atoms with Gasteiger partial charge in [-0.15, -0.1) is 0 Å². The van der Waals surface area contributed by atoms with Gasteiger partial charge in [0.2, 0.25) is 0 Å². The number of nitrogens with two attached hydrogens (primary N) is 1. The van der Waals surface area contributed by atoms with Gasteiger partial charge in [0.1, 0.15) is 11.3 Å². The lowest BCUT2D eigenvalue weighted by atomic mass is 10.2. The lowest BCUT2D eigenvalue weighted by molar-refractivity contribution is 0.0512. The lowest BCUT2D eigenvalue weighted by Crippen LogP contribution is -2.16. The molecule has 0 aliphatic heterocycles. The van der Waals surface area contributed by atoms with Crippen LogP contribution in [0.15, 0.2) is 47.6 Å². The van der Waals surface area contributed by atoms with Crippen molar-refractivity contribution in [3.63, 3.8) is 0 Å². The number of hydrogen-bond acceptors (Lipinski definition) is 4. The van der Waals surface area contributed by atoms with Crippen LogP contribution in [0.1, 0.15) is 15.9 Å². The van der Waals surface area contributed by atoms with Crippen LogP contribution in [0.2, 0.25) is 10.0 Å². The Morgan fingerprint density at radius 3 is 2.55 bits per heavy atom. The van der Waals surface area contributed by atoms with Gasteiger partial charge in [-0.2, -0.15) is 0 Å². The molecule has 0 fully saturated rings. The normalized spacial score (nSPS) is 11.1. The summed E-state index contributed by atoms with van der Waals surface area (Å²) < 4.78 is 5.07. The molecule has 0 aromatic heterocycles. The third-order valence-electron chi connectivity index (χ3n) is 2.76. The second kappa shape index (κ2) is 7.15. The maximum Gasteiger partial charge on any atom is 0.369 e. The zero-order valence-corrected chi connectivity index (χ0v) is 13.1. The maximum absolute atomic E-state index is 12.0. The van der Waals surface area contributed by atoms with E-state index in [4.69, 9.17) is 38.5 Å². The number of halogens is 2. The van der Waals surface area contributed by atoms with Crippen LogP contribution in [0.4, 0.5) is 0 Å². The molecule has 7 heteroatoms. The van der Waals surface area contributed by atoms with Crippen LogP contribution in [-0.2, 0) is 4.84 Å². The second-order valence-corrected chi connectivity index (χ2v) is 5.02. The maximum atomic E-state index is 12.0. The third kappa shape index (κ3) is 3.69. The van der Waals surface area contributed by atoms with E-state index in [1.807, 2.05) is 0 Å². The zero-order valence-electron chi connectivity index (χ0n) is 11.5. The van der Waals surface area contributed by atoms with Crippen molar-refractivity contribution in [2.75, 3.05) is 7.11 Å². The highest BCUT2D eigenvalue weighted by Crippen LogP contribution is 2.23. The molecule has 0 bridgehead atoms. The van der Waals surface area contributed by atoms with Crippen LogP contribution in [0.25, 0.3) is 0 Å². The number of ether oxygens (including phenoxy) is 1. The van der Waals surface area contributed by atoms with E-state index in [1.54, 1.807) is 36.4 Å². The van der Waals surface area contributed by atoms with E-state index < -0.39 is 5.97 Å². The van der Waals surface area contributed by atoms with Crippen molar-refractivity contribution >= 4 is 35.0 Å². The summed E-state index contributed by atoms with van der Waals surface area (Å²) in [6.07, 6.45) is 0. The fourth-order valence-electron chi connectivity index (χ4n) is 1.70. The van der Waals surface area contributed by atoms with Gasteiger partial charge in [0.25, 0.3) is 0 Å². The number of methoxy groups -OCH3 is 1. The van der Waals surface area contributed by atoms with E-state index >= 15 is 0 Å². The van der Waals surface area contributed by atoms with Crippen LogP contribution >= 0.6 is 23.2 Å². The van der Waals surface area contributed by atoms with Gasteiger partial charge in [0.15, 0.2) is 5.84 Å². The summed E-state index contributed by atoms with van der Waals surface area (Å²) in [4.78, 5) is 16.9. The van der Waals surface area contributed by atoms with Crippen molar-refractivity contribution in [1.82, 2.24) is 0 Å². The molecule has 22 heavy (non-hydrogen) atoms. The number of oxime groups is 1. The SMILES string of the molecule is COc1ccc(Cl)cc1C(=O)O/N=C(/N)c1ccccc1Cl. The second-order valence-electron chi connectivity index (χ2n) is 4.18. The van der Waals surface area contributed by atoms with Crippen LogP contribution in [0.5, 0.6) is 5.75 Å². The summed E-state index contributed by atoms with van der Waals surface area (Å²) in [6.45, 7) is 0. The van der Waals surface area contributed by atoms with Gasteiger partial charge in [-0.1, -0.05) is 40.5 Å². The summed E-state index contributed by atoms with van der Waals surface area (Å²) in [5.74, 6) is -0.435. The van der Waals surface area contributed by atoms with E-state index in [9.17, 15) is 4.79 Å². The highest BCUT2D eigenvalue weighted by Gasteiger charge is 2.15. The molecule has 2 aromatic rings. The van der Waals surface area contributed by atoms with Gasteiger partial charge in [0.05, 0.1) is 12.1 Å². The number of carbonyl (C=O) groups is 1. The van der Waals surface area contributed by atoms with Gasteiger partial charge in [-0.25, -0.2) is 4.79 Å². The molecule has 0 saturated carbocycles. The quantitative estimate of drug-likeness (QED) is 0.401. The first-order valence-corrected chi connectivity index (χ1v) is 6.91. The Labute approximate surface area is 137 Å². The first-order chi connectivity index (χ1) is 10.5. The van der Waals surface area contributed by atoms with Crippen molar-refractivity contribution in [2.24, 2.45) is 10.9 Å². The number of hydrogen-bond donors (Lipinski definition) is 1. The van der Waals surface area contributed by atoms with Crippen LogP contribution in [-0.4, -0.2) is 18.9 Å². The Kier molecular flexibility index (Phi) is 5.25. The smallest absolute Gasteiger partial charge is 0.369 e. The number of rotatable bonds is 4. The Morgan fingerprint density at radius 2 is 1.86 bits per heavy atom. The standard InChI is InChI=1S/C15H12Cl2N2O3/c1-21-13-7-6-9(16)8-11(13)15(20)22-19-14(18)10-4-2-3-5-12(10)17/h2-8H,1H3,(H2,18,19). The molecule has 2 N–H and O–H groups in total. The first kappa shape index (κ1) is 16.1. The van der Waals surface area contributed by atoms with Crippen molar-refractivity contribution in [3.8, 4) is 5.75 Å². The van der Waals surface area contributed by atoms with Crippen molar-refractivity contribution in [3.05, 3.63) is 63.6 Å². The fourth-order valence-corrected chi connectivity index (χ4v) is 2.10. The minimum absolute atomic E-state index is 0.0139. The average molecular weight is 339 g/mol. The van der Waals surface area contributed by atoms with Crippen LogP contribution in [0, 0.1) is 0 Å². The van der Waals surface area contributed by atoms with E-state index in [0.717, 1.165) is 0 Å². The minimum atomic E-state index is -0.741. The van der Waals surface area contributed by atoms with Crippen molar-refractivity contribution < 1.29 is 14.4 Å². The predicted octanol–water partition coefficient (Wildman–Crippen LogP) is 3.48. The first-order valence-electron chi connectivity index (χ1n) is 6.16. The van der Waals surface area contributed by atoms with Gasteiger partial charge >= 0.3 is 5.97 Å². The largest absolute Gasteiger partial charge is 0.496 e. The molecule has 0 unspecified atom stereocenters. The summed E-state index contributed by atoms with van der Waals surface area (Å²) in [5.41, 5.74) is 6.37. The zero-order chi connectivity index (χ0) is 16.1. The Hall–Kier alpha value is -2.24. The highest BCUT2D eigenvalue weighted by molar-refractivity contribution is 6.34. The third-order valence-corrected chi connectivity index (χ3v) is 3.32. The minimum Gasteiger partial charge on any atom is -0.496 e. The molecule has 5 nitrogen and oxygen atoms in total. The molecule has 0 aliphatic carbocycles. The Balaban J connectivity index is 2.21. The molecule has 2 aromatic carbocycles. The molecule has 0 atom stereocenters. The van der Waals surface area contributed by atoms with E-state index in [1.165, 1.54) is 13.2 Å². The molecule has 0 spiro atoms.